The zero-order valence-corrected chi connectivity index (χ0v) is 26.0. The molecular weight excluding hydrogens is 586 g/mol. The van der Waals surface area contributed by atoms with E-state index in [2.05, 4.69) is 19.2 Å². The summed E-state index contributed by atoms with van der Waals surface area (Å²) in [4.78, 5) is 12.2. The van der Waals surface area contributed by atoms with Crippen LogP contribution in [0.15, 0.2) is 22.8 Å². The van der Waals surface area contributed by atoms with E-state index in [0.29, 0.717) is 23.6 Å². The van der Waals surface area contributed by atoms with Crippen LogP contribution in [0.4, 0.5) is 0 Å². The molecule has 4 rings (SSSR count). The minimum Gasteiger partial charge on any atom is -0.485 e. The van der Waals surface area contributed by atoms with Gasteiger partial charge in [-0.3, -0.25) is 4.79 Å². The molecule has 2 aromatic rings. The summed E-state index contributed by atoms with van der Waals surface area (Å²) >= 11 is 0. The summed E-state index contributed by atoms with van der Waals surface area (Å²) in [6.45, 7) is 6.57. The molecule has 2 aliphatic rings. The van der Waals surface area contributed by atoms with E-state index in [9.17, 15) is 25.2 Å². The second-order valence-electron chi connectivity index (χ2n) is 11.1. The Hall–Kier alpha value is -1.71. The summed E-state index contributed by atoms with van der Waals surface area (Å²) in [6.07, 6.45) is -2.51. The zero-order chi connectivity index (χ0) is 30.3. The molecule has 1 fully saturated rings. The minimum atomic E-state index is -1.66. The molecule has 2 bridgehead atoms. The summed E-state index contributed by atoms with van der Waals surface area (Å²) in [7, 11) is 3.00. The highest BCUT2D eigenvalue weighted by molar-refractivity contribution is 8.76. The Labute approximate surface area is 254 Å². The van der Waals surface area contributed by atoms with Gasteiger partial charge in [-0.2, -0.15) is 0 Å². The number of esters is 1. The van der Waals surface area contributed by atoms with Crippen molar-refractivity contribution in [2.45, 2.75) is 82.7 Å². The Balaban J connectivity index is 1.73. The van der Waals surface area contributed by atoms with E-state index in [1.165, 1.54) is 17.1 Å². The predicted octanol–water partition coefficient (Wildman–Crippen LogP) is 2.65. The highest BCUT2D eigenvalue weighted by Gasteiger charge is 2.54. The smallest absolute Gasteiger partial charge is 0.306 e. The number of benzene rings is 1. The van der Waals surface area contributed by atoms with Crippen LogP contribution >= 0.6 is 21.6 Å². The molecule has 0 aliphatic carbocycles. The lowest BCUT2D eigenvalue weighted by Crippen LogP contribution is -2.68. The predicted molar refractivity (Wildman–Crippen MR) is 161 cm³/mol. The Morgan fingerprint density at radius 1 is 1.21 bits per heavy atom. The molecule has 1 saturated heterocycles. The topological polar surface area (TPSA) is 160 Å². The number of nitrogens with one attached hydrogen (secondary N) is 1. The first-order chi connectivity index (χ1) is 20.2. The summed E-state index contributed by atoms with van der Waals surface area (Å²) < 4.78 is 29.5. The molecule has 3 heterocycles. The van der Waals surface area contributed by atoms with Crippen LogP contribution in [-0.4, -0.2) is 101 Å². The van der Waals surface area contributed by atoms with Gasteiger partial charge in [0.05, 0.1) is 19.5 Å². The Morgan fingerprint density at radius 3 is 2.76 bits per heavy atom. The van der Waals surface area contributed by atoms with Gasteiger partial charge in [0.25, 0.3) is 0 Å². The number of furan rings is 1. The fraction of sp³-hybridized carbons (Fsp3) is 0.690. The molecule has 236 valence electrons. The number of hydrogen-bond acceptors (Lipinski definition) is 13. The lowest BCUT2D eigenvalue weighted by Gasteiger charge is -2.47. The van der Waals surface area contributed by atoms with Crippen molar-refractivity contribution < 1.29 is 48.6 Å². The van der Waals surface area contributed by atoms with Crippen molar-refractivity contribution in [3.8, 4) is 11.5 Å². The number of aliphatic hydroxyl groups excluding tert-OH is 4. The Bertz CT molecular complexity index is 1160. The number of fused-ring (bicyclic) bond motifs is 5. The maximum Gasteiger partial charge on any atom is 0.306 e. The molecule has 11 nitrogen and oxygen atoms in total. The van der Waals surface area contributed by atoms with Crippen LogP contribution in [0.2, 0.25) is 0 Å². The van der Waals surface area contributed by atoms with Crippen LogP contribution in [0.5, 0.6) is 11.5 Å². The fourth-order valence-corrected chi connectivity index (χ4v) is 7.83. The Morgan fingerprint density at radius 2 is 2.02 bits per heavy atom. The standard InChI is InChI=1S/C29H43NO10S2/c1-4-36-21(32)8-6-18-13-19-9-11-37-24(19)26-25(18)39-28-23(34)22(33)27(35)29(15-31,40-28)16-42-41-14-20(7-5-17(2)3)30-10-12-38-26/h9,11,13,17,20,22-23,27-28,30-31,33-35H,4-8,10,12,14-16H2,1-3H3/t20-,22-,23-,27+,28+,29+/m1/s1. The first kappa shape index (κ1) is 33.2. The Kier molecular flexibility index (Phi) is 12.1. The molecule has 6 atom stereocenters. The normalized spacial score (nSPS) is 29.2. The van der Waals surface area contributed by atoms with E-state index in [0.717, 1.165) is 24.0 Å². The second-order valence-corrected chi connectivity index (χ2v) is 13.6. The molecule has 0 radical (unpaired) electrons. The fourth-order valence-electron chi connectivity index (χ4n) is 5.04. The van der Waals surface area contributed by atoms with Gasteiger partial charge in [-0.15, -0.1) is 0 Å². The van der Waals surface area contributed by atoms with Gasteiger partial charge in [-0.25, -0.2) is 0 Å². The first-order valence-corrected chi connectivity index (χ1v) is 17.0. The molecule has 1 aromatic heterocycles. The van der Waals surface area contributed by atoms with E-state index < -0.39 is 36.8 Å². The highest BCUT2D eigenvalue weighted by atomic mass is 33.1. The third kappa shape index (κ3) is 7.86. The zero-order valence-electron chi connectivity index (χ0n) is 24.3. The first-order valence-electron chi connectivity index (χ1n) is 14.5. The van der Waals surface area contributed by atoms with Gasteiger partial charge in [0, 0.05) is 35.9 Å². The average Bonchev–Trinajstić information content (AvgIpc) is 3.44. The number of carbonyl (C=O) groups excluding carboxylic acids is 1. The van der Waals surface area contributed by atoms with Crippen molar-refractivity contribution in [2.75, 3.05) is 37.9 Å². The van der Waals surface area contributed by atoms with Gasteiger partial charge < -0.3 is 49.1 Å². The van der Waals surface area contributed by atoms with Crippen molar-refractivity contribution in [1.29, 1.82) is 0 Å². The van der Waals surface area contributed by atoms with Gasteiger partial charge in [0.1, 0.15) is 30.5 Å². The van der Waals surface area contributed by atoms with Crippen molar-refractivity contribution in [3.63, 3.8) is 0 Å². The largest absolute Gasteiger partial charge is 0.485 e. The molecule has 42 heavy (non-hydrogen) atoms. The lowest BCUT2D eigenvalue weighted by molar-refractivity contribution is -0.312. The quantitative estimate of drug-likeness (QED) is 0.214. The minimum absolute atomic E-state index is 0.0654. The maximum atomic E-state index is 12.2. The lowest BCUT2D eigenvalue weighted by atomic mass is 9.88. The average molecular weight is 630 g/mol. The van der Waals surface area contributed by atoms with Crippen LogP contribution in [0.3, 0.4) is 0 Å². The van der Waals surface area contributed by atoms with Gasteiger partial charge in [0.15, 0.2) is 11.3 Å². The van der Waals surface area contributed by atoms with Gasteiger partial charge in [-0.05, 0) is 49.8 Å². The summed E-state index contributed by atoms with van der Waals surface area (Å²) in [5.74, 6) is 1.50. The molecule has 0 amide bonds. The van der Waals surface area contributed by atoms with Crippen LogP contribution in [0.1, 0.15) is 45.6 Å². The highest BCUT2D eigenvalue weighted by Crippen LogP contribution is 2.44. The molecule has 2 aliphatic heterocycles. The number of rotatable bonds is 8. The van der Waals surface area contributed by atoms with E-state index in [1.807, 2.05) is 0 Å². The molecule has 1 aromatic carbocycles. The third-order valence-corrected chi connectivity index (χ3v) is 10.1. The molecule has 5 N–H and O–H groups in total. The molecule has 0 spiro atoms. The van der Waals surface area contributed by atoms with E-state index in [-0.39, 0.29) is 55.3 Å². The molecular formula is C29H43NO10S2. The van der Waals surface area contributed by atoms with Gasteiger partial charge >= 0.3 is 5.97 Å². The van der Waals surface area contributed by atoms with Crippen LogP contribution in [0, 0.1) is 5.92 Å². The van der Waals surface area contributed by atoms with Crippen LogP contribution in [-0.2, 0) is 20.7 Å². The van der Waals surface area contributed by atoms with Crippen LogP contribution < -0.4 is 14.8 Å². The van der Waals surface area contributed by atoms with Crippen molar-refractivity contribution in [3.05, 3.63) is 24.0 Å². The molecule has 0 unspecified atom stereocenters. The molecule has 13 heteroatoms. The number of hydrogen-bond donors (Lipinski definition) is 5. The number of aryl methyl sites for hydroxylation is 1. The summed E-state index contributed by atoms with van der Waals surface area (Å²) in [5.41, 5.74) is -0.617. The van der Waals surface area contributed by atoms with Crippen molar-refractivity contribution in [1.82, 2.24) is 5.32 Å². The molecule has 0 saturated carbocycles. The van der Waals surface area contributed by atoms with Gasteiger partial charge in [-0.1, -0.05) is 35.4 Å². The summed E-state index contributed by atoms with van der Waals surface area (Å²) in [5, 5.41) is 47.4. The number of carbonyl (C=O) groups is 1. The number of aliphatic hydroxyl groups is 4. The summed E-state index contributed by atoms with van der Waals surface area (Å²) in [6, 6.07) is 3.78. The maximum absolute atomic E-state index is 12.2. The van der Waals surface area contributed by atoms with Crippen molar-refractivity contribution in [2.24, 2.45) is 5.92 Å². The van der Waals surface area contributed by atoms with E-state index in [4.69, 9.17) is 23.4 Å². The van der Waals surface area contributed by atoms with Crippen LogP contribution in [0.25, 0.3) is 11.0 Å². The second kappa shape index (κ2) is 15.3. The van der Waals surface area contributed by atoms with Crippen molar-refractivity contribution >= 4 is 38.5 Å². The van der Waals surface area contributed by atoms with Gasteiger partial charge in [0.2, 0.25) is 12.0 Å². The monoisotopic (exact) mass is 629 g/mol. The number of ether oxygens (including phenoxy) is 4. The van der Waals surface area contributed by atoms with E-state index in [1.54, 1.807) is 29.9 Å². The third-order valence-electron chi connectivity index (χ3n) is 7.51. The SMILES string of the molecule is CCOC(=O)CCc1cc2ccoc2c2c1O[C@H]1O[C@@](CO)(CSSC[C@@H](CCC(C)C)NCCO2)[C@@H](O)[C@H](O)[C@H]1O. The van der Waals surface area contributed by atoms with E-state index >= 15 is 0 Å².